The van der Waals surface area contributed by atoms with Crippen LogP contribution in [0.25, 0.3) is 17.0 Å². The van der Waals surface area contributed by atoms with Crippen molar-refractivity contribution >= 4 is 11.7 Å². The predicted molar refractivity (Wildman–Crippen MR) is 59.7 cm³/mol. The molecule has 0 saturated carbocycles. The second-order valence-corrected chi connectivity index (χ2v) is 3.52. The number of carboxylic acid groups (broad SMARTS) is 1. The molecule has 2 heterocycles. The SMILES string of the molecule is O=C(O)c1nc2ncc(-c3ccccc3)n2[nH]1. The summed E-state index contributed by atoms with van der Waals surface area (Å²) in [6.07, 6.45) is 1.65. The third kappa shape index (κ3) is 1.46. The number of nitrogens with one attached hydrogen (secondary N) is 1. The molecule has 0 spiro atoms. The van der Waals surface area contributed by atoms with Gasteiger partial charge in [-0.15, -0.1) is 0 Å². The number of imidazole rings is 1. The van der Waals surface area contributed by atoms with Gasteiger partial charge >= 0.3 is 5.97 Å². The molecule has 0 unspecified atom stereocenters. The summed E-state index contributed by atoms with van der Waals surface area (Å²) in [4.78, 5) is 18.7. The smallest absolute Gasteiger partial charge is 0.373 e. The number of hydrogen-bond donors (Lipinski definition) is 2. The molecule has 0 aliphatic heterocycles. The standard InChI is InChI=1S/C11H8N4O2/c16-10(17)9-13-11-12-6-8(15(11)14-9)7-4-2-1-3-5-7/h1-6H,(H,16,17)(H,12,13,14). The Balaban J connectivity index is 2.21. The summed E-state index contributed by atoms with van der Waals surface area (Å²) in [6.45, 7) is 0. The number of aromatic carboxylic acids is 1. The highest BCUT2D eigenvalue weighted by atomic mass is 16.4. The van der Waals surface area contributed by atoms with Crippen molar-refractivity contribution in [1.82, 2.24) is 19.6 Å². The second-order valence-electron chi connectivity index (χ2n) is 3.52. The van der Waals surface area contributed by atoms with Crippen LogP contribution in [-0.4, -0.2) is 30.7 Å². The van der Waals surface area contributed by atoms with Crippen molar-refractivity contribution in [2.24, 2.45) is 0 Å². The maximum Gasteiger partial charge on any atom is 0.373 e. The fourth-order valence-electron chi connectivity index (χ4n) is 1.67. The molecule has 1 aromatic carbocycles. The topological polar surface area (TPSA) is 83.3 Å². The van der Waals surface area contributed by atoms with Gasteiger partial charge in [0, 0.05) is 5.56 Å². The summed E-state index contributed by atoms with van der Waals surface area (Å²) >= 11 is 0. The molecule has 17 heavy (non-hydrogen) atoms. The van der Waals surface area contributed by atoms with Crippen LogP contribution in [0.15, 0.2) is 36.5 Å². The number of aromatic amines is 1. The Labute approximate surface area is 95.5 Å². The van der Waals surface area contributed by atoms with Crippen molar-refractivity contribution in [3.8, 4) is 11.3 Å². The van der Waals surface area contributed by atoms with Gasteiger partial charge in [0.15, 0.2) is 0 Å². The number of rotatable bonds is 2. The molecule has 3 rings (SSSR count). The molecule has 0 aliphatic rings. The minimum Gasteiger partial charge on any atom is -0.475 e. The summed E-state index contributed by atoms with van der Waals surface area (Å²) in [5, 5.41) is 11.5. The Morgan fingerprint density at radius 2 is 2.06 bits per heavy atom. The van der Waals surface area contributed by atoms with Crippen LogP contribution in [0.2, 0.25) is 0 Å². The fraction of sp³-hybridized carbons (Fsp3) is 0. The quantitative estimate of drug-likeness (QED) is 0.694. The number of fused-ring (bicyclic) bond motifs is 1. The molecule has 2 N–H and O–H groups in total. The lowest BCUT2D eigenvalue weighted by Gasteiger charge is -1.97. The maximum atomic E-state index is 10.8. The molecular formula is C11H8N4O2. The number of hydrogen-bond acceptors (Lipinski definition) is 3. The Hall–Kier alpha value is -2.63. The molecule has 0 aliphatic carbocycles. The van der Waals surface area contributed by atoms with Gasteiger partial charge < -0.3 is 5.11 Å². The zero-order valence-corrected chi connectivity index (χ0v) is 8.66. The lowest BCUT2D eigenvalue weighted by Crippen LogP contribution is -2.00. The molecule has 0 amide bonds. The van der Waals surface area contributed by atoms with Gasteiger partial charge in [-0.1, -0.05) is 30.3 Å². The molecule has 6 heteroatoms. The highest BCUT2D eigenvalue weighted by Crippen LogP contribution is 2.19. The van der Waals surface area contributed by atoms with Crippen LogP contribution in [0.1, 0.15) is 10.6 Å². The Kier molecular flexibility index (Phi) is 1.94. The summed E-state index contributed by atoms with van der Waals surface area (Å²) in [7, 11) is 0. The van der Waals surface area contributed by atoms with Gasteiger partial charge in [0.05, 0.1) is 11.9 Å². The number of aromatic nitrogens is 4. The maximum absolute atomic E-state index is 10.8. The van der Waals surface area contributed by atoms with Crippen molar-refractivity contribution in [3.05, 3.63) is 42.4 Å². The first-order valence-electron chi connectivity index (χ1n) is 4.98. The molecule has 2 aromatic heterocycles. The lowest BCUT2D eigenvalue weighted by atomic mass is 10.2. The Morgan fingerprint density at radius 1 is 1.29 bits per heavy atom. The number of nitrogens with zero attached hydrogens (tertiary/aromatic N) is 3. The van der Waals surface area contributed by atoms with Gasteiger partial charge in [-0.2, -0.15) is 4.98 Å². The van der Waals surface area contributed by atoms with E-state index in [0.717, 1.165) is 11.3 Å². The summed E-state index contributed by atoms with van der Waals surface area (Å²) in [5.41, 5.74) is 1.72. The molecule has 6 nitrogen and oxygen atoms in total. The van der Waals surface area contributed by atoms with E-state index < -0.39 is 5.97 Å². The van der Waals surface area contributed by atoms with Crippen LogP contribution < -0.4 is 0 Å². The average Bonchev–Trinajstić information content (AvgIpc) is 2.89. The molecule has 0 bridgehead atoms. The van der Waals surface area contributed by atoms with E-state index in [0.29, 0.717) is 5.78 Å². The van der Waals surface area contributed by atoms with Crippen molar-refractivity contribution in [1.29, 1.82) is 0 Å². The first kappa shape index (κ1) is 9.59. The van der Waals surface area contributed by atoms with Gasteiger partial charge in [0.2, 0.25) is 5.82 Å². The number of H-pyrrole nitrogens is 1. The second kappa shape index (κ2) is 3.44. The third-order valence-corrected chi connectivity index (χ3v) is 2.44. The zero-order chi connectivity index (χ0) is 11.8. The summed E-state index contributed by atoms with van der Waals surface area (Å²) in [6, 6.07) is 9.57. The van der Waals surface area contributed by atoms with Crippen LogP contribution >= 0.6 is 0 Å². The lowest BCUT2D eigenvalue weighted by molar-refractivity contribution is 0.0684. The largest absolute Gasteiger partial charge is 0.475 e. The molecule has 84 valence electrons. The van der Waals surface area contributed by atoms with Gasteiger partial charge in [-0.25, -0.2) is 14.3 Å². The molecule has 3 aromatic rings. The third-order valence-electron chi connectivity index (χ3n) is 2.44. The van der Waals surface area contributed by atoms with Gasteiger partial charge in [0.25, 0.3) is 5.78 Å². The minimum atomic E-state index is -1.10. The van der Waals surface area contributed by atoms with Crippen molar-refractivity contribution in [2.45, 2.75) is 0 Å². The normalized spacial score (nSPS) is 10.8. The summed E-state index contributed by atoms with van der Waals surface area (Å²) in [5.74, 6) is -0.874. The van der Waals surface area contributed by atoms with E-state index in [4.69, 9.17) is 5.11 Å². The fourth-order valence-corrected chi connectivity index (χ4v) is 1.67. The molecular weight excluding hydrogens is 220 g/mol. The van der Waals surface area contributed by atoms with Gasteiger partial charge in [-0.3, -0.25) is 5.10 Å². The first-order chi connectivity index (χ1) is 8.25. The molecule has 0 atom stereocenters. The van der Waals surface area contributed by atoms with Crippen LogP contribution in [0.4, 0.5) is 0 Å². The van der Waals surface area contributed by atoms with E-state index in [1.165, 1.54) is 0 Å². The zero-order valence-electron chi connectivity index (χ0n) is 8.66. The van der Waals surface area contributed by atoms with Crippen molar-refractivity contribution in [2.75, 3.05) is 0 Å². The highest BCUT2D eigenvalue weighted by molar-refractivity contribution is 5.83. The average molecular weight is 228 g/mol. The number of carboxylic acids is 1. The van der Waals surface area contributed by atoms with E-state index >= 15 is 0 Å². The van der Waals surface area contributed by atoms with E-state index in [1.54, 1.807) is 10.7 Å². The molecule has 0 fully saturated rings. The van der Waals surface area contributed by atoms with E-state index in [2.05, 4.69) is 15.1 Å². The predicted octanol–water partition coefficient (Wildman–Crippen LogP) is 1.42. The molecule has 0 saturated heterocycles. The summed E-state index contributed by atoms with van der Waals surface area (Å²) < 4.78 is 1.55. The Bertz CT molecular complexity index is 684. The van der Waals surface area contributed by atoms with Crippen LogP contribution in [0.3, 0.4) is 0 Å². The van der Waals surface area contributed by atoms with E-state index in [-0.39, 0.29) is 5.82 Å². The highest BCUT2D eigenvalue weighted by Gasteiger charge is 2.13. The van der Waals surface area contributed by atoms with Gasteiger partial charge in [-0.05, 0) is 0 Å². The number of benzene rings is 1. The van der Waals surface area contributed by atoms with Gasteiger partial charge in [0.1, 0.15) is 0 Å². The first-order valence-corrected chi connectivity index (χ1v) is 4.98. The van der Waals surface area contributed by atoms with E-state index in [1.807, 2.05) is 30.3 Å². The van der Waals surface area contributed by atoms with Crippen LogP contribution in [0.5, 0.6) is 0 Å². The molecule has 0 radical (unpaired) electrons. The Morgan fingerprint density at radius 3 is 2.76 bits per heavy atom. The van der Waals surface area contributed by atoms with Crippen LogP contribution in [0, 0.1) is 0 Å². The van der Waals surface area contributed by atoms with E-state index in [9.17, 15) is 4.79 Å². The monoisotopic (exact) mass is 228 g/mol. The van der Waals surface area contributed by atoms with Crippen molar-refractivity contribution < 1.29 is 9.90 Å². The number of carbonyl (C=O) groups is 1. The van der Waals surface area contributed by atoms with Crippen molar-refractivity contribution in [3.63, 3.8) is 0 Å². The minimum absolute atomic E-state index is 0.120. The van der Waals surface area contributed by atoms with Crippen LogP contribution in [-0.2, 0) is 0 Å².